The molecule has 20 heteroatoms. The summed E-state index contributed by atoms with van der Waals surface area (Å²) in [7, 11) is 0. The number of carbonyl (C=O) groups is 6. The quantitative estimate of drug-likeness (QED) is 0.0774. The zero-order valence-electron chi connectivity index (χ0n) is 47.6. The SMILES string of the molecule is CC(=O)Cn1cc(C(N)=O)c2cc(-c3ccc4c(c3)CC4)ccc21.Cc1cccc(NC(=O)[C@@H]2C3CCC(C3)N2C(=O)Cn2cc(C(N)=O)c3cc(-c4ccc5c(c4)CC5)ccc32)n1.Cc1cccc(NC(=O)[C@H]2NC3CCC2C3)n1.Cl.S.S=S. The fourth-order valence-corrected chi connectivity index (χ4v) is 13.3. The van der Waals surface area contributed by atoms with Crippen LogP contribution >= 0.6 is 25.9 Å². The van der Waals surface area contributed by atoms with Crippen molar-refractivity contribution < 1.29 is 28.8 Å². The predicted octanol–water partition coefficient (Wildman–Crippen LogP) is 9.32. The average molecular weight is 1220 g/mol. The zero-order valence-corrected chi connectivity index (χ0v) is 51.0. The Morgan fingerprint density at radius 3 is 1.52 bits per heavy atom. The molecule has 6 heterocycles. The highest BCUT2D eigenvalue weighted by molar-refractivity contribution is 8.07. The molecule has 6 atom stereocenters. The largest absolute Gasteiger partial charge is 0.366 e. The topological polar surface area (TPSA) is 229 Å². The molecule has 16 nitrogen and oxygen atoms in total. The van der Waals surface area contributed by atoms with Crippen LogP contribution < -0.4 is 27.4 Å². The summed E-state index contributed by atoms with van der Waals surface area (Å²) in [6, 6.07) is 36.1. The third-order valence-electron chi connectivity index (χ3n) is 17.5. The molecule has 4 aromatic carbocycles. The van der Waals surface area contributed by atoms with Gasteiger partial charge in [-0.05, 0) is 190 Å². The van der Waals surface area contributed by atoms with Gasteiger partial charge in [0.15, 0.2) is 0 Å². The molecule has 2 aliphatic heterocycles. The van der Waals surface area contributed by atoms with Crippen LogP contribution in [-0.4, -0.2) is 83.5 Å². The van der Waals surface area contributed by atoms with Gasteiger partial charge in [-0.25, -0.2) is 9.97 Å². The molecule has 4 bridgehead atoms. The van der Waals surface area contributed by atoms with E-state index in [0.29, 0.717) is 34.7 Å². The highest BCUT2D eigenvalue weighted by Gasteiger charge is 2.51. The second-order valence-electron chi connectivity index (χ2n) is 22.9. The molecule has 440 valence electrons. The third-order valence-corrected chi connectivity index (χ3v) is 17.5. The number of nitrogens with two attached hydrogens (primary N) is 2. The number of likely N-dealkylation sites (tertiary alicyclic amines) is 1. The maximum Gasteiger partial charge on any atom is 0.250 e. The minimum Gasteiger partial charge on any atom is -0.366 e. The Morgan fingerprint density at radius 2 is 1.07 bits per heavy atom. The molecule has 2 saturated heterocycles. The van der Waals surface area contributed by atoms with Crippen LogP contribution in [0.4, 0.5) is 11.6 Å². The highest BCUT2D eigenvalue weighted by Crippen LogP contribution is 2.44. The van der Waals surface area contributed by atoms with Crippen LogP contribution in [0.3, 0.4) is 0 Å². The number of ketones is 1. The minimum absolute atomic E-state index is 0. The Balaban J connectivity index is 0.000000163. The monoisotopic (exact) mass is 1220 g/mol. The second-order valence-corrected chi connectivity index (χ2v) is 22.9. The Hall–Kier alpha value is -7.68. The number of benzene rings is 4. The molecular weight excluding hydrogens is 1150 g/mol. The smallest absolute Gasteiger partial charge is 0.250 e. The minimum atomic E-state index is -0.534. The summed E-state index contributed by atoms with van der Waals surface area (Å²) in [4.78, 5) is 85.4. The summed E-state index contributed by atoms with van der Waals surface area (Å²) >= 11 is 7.33. The molecule has 6 aliphatic rings. The first-order valence-electron chi connectivity index (χ1n) is 28.4. The van der Waals surface area contributed by atoms with E-state index in [-0.39, 0.29) is 80.5 Å². The number of piperidine rings is 2. The predicted molar refractivity (Wildman–Crippen MR) is 345 cm³/mol. The van der Waals surface area contributed by atoms with Crippen LogP contribution in [0.15, 0.2) is 122 Å². The molecule has 4 unspecified atom stereocenters. The van der Waals surface area contributed by atoms with Gasteiger partial charge in [-0.15, -0.1) is 12.4 Å². The van der Waals surface area contributed by atoms with Crippen molar-refractivity contribution in [3.63, 3.8) is 0 Å². The van der Waals surface area contributed by atoms with E-state index >= 15 is 0 Å². The van der Waals surface area contributed by atoms with Crippen molar-refractivity contribution in [1.29, 1.82) is 0 Å². The molecule has 4 fully saturated rings. The van der Waals surface area contributed by atoms with Crippen LogP contribution in [0.2, 0.25) is 0 Å². The molecule has 5 amide bonds. The summed E-state index contributed by atoms with van der Waals surface area (Å²) in [6.07, 6.45) is 14.1. The molecule has 2 saturated carbocycles. The van der Waals surface area contributed by atoms with Crippen molar-refractivity contribution in [3.05, 3.63) is 166 Å². The lowest BCUT2D eigenvalue weighted by molar-refractivity contribution is -0.141. The first-order chi connectivity index (χ1) is 40.1. The molecule has 85 heavy (non-hydrogen) atoms. The van der Waals surface area contributed by atoms with E-state index in [4.69, 9.17) is 11.5 Å². The third kappa shape index (κ3) is 13.0. The van der Waals surface area contributed by atoms with Gasteiger partial charge in [-0.2, -0.15) is 13.5 Å². The number of Topliss-reactive ketones (excluding diaryl/α,β-unsaturated/α-hetero) is 1. The van der Waals surface area contributed by atoms with E-state index in [2.05, 4.69) is 84.7 Å². The molecule has 4 aromatic heterocycles. The van der Waals surface area contributed by atoms with Gasteiger partial charge in [0.25, 0.3) is 11.8 Å². The number of hydrogen-bond acceptors (Lipinski definition) is 11. The molecule has 4 aliphatic carbocycles. The number of amides is 5. The number of rotatable bonds is 12. The normalized spacial score (nSPS) is 19.5. The van der Waals surface area contributed by atoms with Gasteiger partial charge in [0.1, 0.15) is 30.0 Å². The van der Waals surface area contributed by atoms with Gasteiger partial charge in [0.2, 0.25) is 17.7 Å². The van der Waals surface area contributed by atoms with Crippen molar-refractivity contribution in [3.8, 4) is 22.3 Å². The lowest BCUT2D eigenvalue weighted by Gasteiger charge is -2.34. The number of halogens is 1. The molecule has 0 spiro atoms. The lowest BCUT2D eigenvalue weighted by atomic mass is 9.86. The Bertz CT molecular complexity index is 3920. The van der Waals surface area contributed by atoms with E-state index in [9.17, 15) is 28.8 Å². The number of fused-ring (bicyclic) bond motifs is 8. The van der Waals surface area contributed by atoms with Gasteiger partial charge >= 0.3 is 0 Å². The van der Waals surface area contributed by atoms with Crippen molar-refractivity contribution in [2.75, 3.05) is 10.6 Å². The molecule has 7 N–H and O–H groups in total. The number of nitrogens with zero attached hydrogens (tertiary/aromatic N) is 5. The number of anilines is 2. The number of hydrogen-bond donors (Lipinski definition) is 5. The van der Waals surface area contributed by atoms with Gasteiger partial charge in [-0.1, -0.05) is 60.7 Å². The van der Waals surface area contributed by atoms with Crippen molar-refractivity contribution in [2.24, 2.45) is 23.3 Å². The van der Waals surface area contributed by atoms with E-state index in [1.807, 2.05) is 80.6 Å². The molecule has 8 aromatic rings. The summed E-state index contributed by atoms with van der Waals surface area (Å²) in [5, 5.41) is 10.7. The Labute approximate surface area is 516 Å². The van der Waals surface area contributed by atoms with Gasteiger partial charge < -0.3 is 41.5 Å². The number of aryl methyl sites for hydroxylation is 6. The molecular formula is C65H69ClN10O6S3. The number of aromatic nitrogens is 4. The number of pyridine rings is 2. The van der Waals surface area contributed by atoms with E-state index in [1.54, 1.807) is 32.5 Å². The van der Waals surface area contributed by atoms with Crippen LogP contribution in [0.25, 0.3) is 44.1 Å². The van der Waals surface area contributed by atoms with Crippen molar-refractivity contribution >= 4 is 117 Å². The Morgan fingerprint density at radius 1 is 0.588 bits per heavy atom. The summed E-state index contributed by atoms with van der Waals surface area (Å²) < 4.78 is 3.58. The van der Waals surface area contributed by atoms with E-state index in [1.165, 1.54) is 42.0 Å². The number of carbonyl (C=O) groups excluding carboxylic acids is 6. The number of nitrogens with one attached hydrogen (secondary N) is 3. The standard InChI is InChI=1S/C32H31N5O3.C20H18N2O2.C13H17N3O.ClH.S2.H2S/c1-18-3-2-4-28(34-18)35-32(40)30-23-9-11-24(14-23)37(30)29(38)17-36-16-26(31(33)39)25-15-22(10-12-27(25)36)21-8-6-19-5-7-20(19)13-21;1-12(23)10-22-11-18(20(21)24)17-9-16(6-7-19(17)22)15-5-3-13-2-4-14(13)8-15;1-8-3-2-4-11(14-8)16-13(17)12-9-5-6-10(7-9)15-12;;1-2;/h2-4,6,8,10,12-13,15-16,23-24,30H,5,7,9,11,14,17H2,1H3,(H2,33,39)(H,34,35,40);3,5-9,11H,2,4,10H2,1H3,(H2,21,24);2-4,9-10,12,15H,5-7H2,1H3,(H,14,16,17);1H;;1H2/t23?,24?,30-;;9?,10?,12-;;;/m0.0.../s1. The number of primary amides is 2. The maximum absolute atomic E-state index is 13.8. The summed E-state index contributed by atoms with van der Waals surface area (Å²) in [5.74, 6) is 0.554. The average Bonchev–Trinajstić information content (AvgIpc) is 3.91. The van der Waals surface area contributed by atoms with Crippen molar-refractivity contribution in [1.82, 2.24) is 29.3 Å². The van der Waals surface area contributed by atoms with Gasteiger partial charge in [0.05, 0.1) is 23.7 Å². The zero-order chi connectivity index (χ0) is 58.2. The van der Waals surface area contributed by atoms with E-state index < -0.39 is 17.9 Å². The van der Waals surface area contributed by atoms with Crippen molar-refractivity contribution in [2.45, 2.75) is 122 Å². The fourth-order valence-electron chi connectivity index (χ4n) is 13.3. The van der Waals surface area contributed by atoms with Crippen LogP contribution in [0.5, 0.6) is 0 Å². The summed E-state index contributed by atoms with van der Waals surface area (Å²) in [6.45, 7) is 5.59. The van der Waals surface area contributed by atoms with E-state index in [0.717, 1.165) is 107 Å². The second kappa shape index (κ2) is 26.3. The lowest BCUT2D eigenvalue weighted by Crippen LogP contribution is -2.51. The highest BCUT2D eigenvalue weighted by atomic mass is 35.5. The van der Waals surface area contributed by atoms with Gasteiger partial charge in [0, 0.05) is 80.0 Å². The van der Waals surface area contributed by atoms with Crippen LogP contribution in [-0.2, 0) is 80.3 Å². The fraction of sp³-hybridized carbons (Fsp3) is 0.323. The van der Waals surface area contributed by atoms with Crippen LogP contribution in [0, 0.1) is 25.7 Å². The molecule has 0 radical (unpaired) electrons. The first-order valence-corrected chi connectivity index (χ1v) is 29.8. The van der Waals surface area contributed by atoms with Crippen LogP contribution in [0.1, 0.15) is 99.8 Å². The first kappa shape index (κ1) is 61.9. The van der Waals surface area contributed by atoms with Gasteiger partial charge in [-0.3, -0.25) is 28.8 Å². The molecule has 14 rings (SSSR count). The maximum atomic E-state index is 13.8. The summed E-state index contributed by atoms with van der Waals surface area (Å²) in [5.41, 5.74) is 25.4. The Kier molecular flexibility index (Phi) is 19.1.